The van der Waals surface area contributed by atoms with E-state index in [1.54, 1.807) is 24.3 Å². The first kappa shape index (κ1) is 20.6. The van der Waals surface area contributed by atoms with E-state index in [0.29, 0.717) is 22.1 Å². The smallest absolute Gasteiger partial charge is 0.259 e. The average Bonchev–Trinajstić information content (AvgIpc) is 3.23. The van der Waals surface area contributed by atoms with E-state index in [9.17, 15) is 9.59 Å². The van der Waals surface area contributed by atoms with E-state index in [1.165, 1.54) is 16.8 Å². The highest BCUT2D eigenvalue weighted by Gasteiger charge is 2.14. The van der Waals surface area contributed by atoms with Gasteiger partial charge in [-0.2, -0.15) is 4.98 Å². The Hall–Kier alpha value is -3.71. The summed E-state index contributed by atoms with van der Waals surface area (Å²) in [6.07, 6.45) is 1.53. The molecule has 4 rings (SSSR count). The van der Waals surface area contributed by atoms with Crippen molar-refractivity contribution in [3.63, 3.8) is 0 Å². The summed E-state index contributed by atoms with van der Waals surface area (Å²) in [5.74, 6) is 0.359. The van der Waals surface area contributed by atoms with Crippen LogP contribution in [0.4, 0.5) is 5.69 Å². The SMILES string of the molecule is Cc1cccc(-c2noc(-c3ccc(=O)n(CC(=O)Nc4cccc(Cl)c4C)c3)n2)c1. The number of carbonyl (C=O) groups excluding carboxylic acids is 1. The van der Waals surface area contributed by atoms with Gasteiger partial charge in [0.15, 0.2) is 0 Å². The number of benzene rings is 2. The summed E-state index contributed by atoms with van der Waals surface area (Å²) in [5.41, 5.74) is 3.49. The molecule has 0 saturated heterocycles. The van der Waals surface area contributed by atoms with Crippen LogP contribution >= 0.6 is 11.6 Å². The Morgan fingerprint density at radius 2 is 1.90 bits per heavy atom. The first-order chi connectivity index (χ1) is 14.9. The Balaban J connectivity index is 1.56. The van der Waals surface area contributed by atoms with Crippen LogP contribution in [0.1, 0.15) is 11.1 Å². The van der Waals surface area contributed by atoms with Crippen molar-refractivity contribution in [2.24, 2.45) is 0 Å². The molecule has 156 valence electrons. The van der Waals surface area contributed by atoms with E-state index < -0.39 is 0 Å². The molecule has 8 heteroatoms. The number of pyridine rings is 1. The minimum absolute atomic E-state index is 0.169. The summed E-state index contributed by atoms with van der Waals surface area (Å²) >= 11 is 6.10. The predicted octanol–water partition coefficient (Wildman–Crippen LogP) is 4.47. The Kier molecular flexibility index (Phi) is 5.68. The summed E-state index contributed by atoms with van der Waals surface area (Å²) in [4.78, 5) is 29.2. The van der Waals surface area contributed by atoms with Crippen molar-refractivity contribution in [2.45, 2.75) is 20.4 Å². The zero-order valence-corrected chi connectivity index (χ0v) is 17.7. The maximum absolute atomic E-state index is 12.5. The molecule has 31 heavy (non-hydrogen) atoms. The third-order valence-electron chi connectivity index (χ3n) is 4.79. The second-order valence-corrected chi connectivity index (χ2v) is 7.54. The Bertz CT molecular complexity index is 1330. The molecule has 0 radical (unpaired) electrons. The summed E-state index contributed by atoms with van der Waals surface area (Å²) in [6, 6.07) is 16.0. The Morgan fingerprint density at radius 3 is 2.71 bits per heavy atom. The van der Waals surface area contributed by atoms with Crippen molar-refractivity contribution in [3.05, 3.63) is 87.3 Å². The third kappa shape index (κ3) is 4.57. The zero-order chi connectivity index (χ0) is 22.0. The van der Waals surface area contributed by atoms with Crippen molar-refractivity contribution in [3.8, 4) is 22.8 Å². The molecule has 0 unspecified atom stereocenters. The molecule has 0 aliphatic carbocycles. The number of nitrogens with one attached hydrogen (secondary N) is 1. The van der Waals surface area contributed by atoms with E-state index in [0.717, 1.165) is 16.7 Å². The van der Waals surface area contributed by atoms with Gasteiger partial charge in [-0.05, 0) is 43.7 Å². The number of amides is 1. The number of hydrogen-bond acceptors (Lipinski definition) is 5. The molecular weight excluding hydrogens is 416 g/mol. The van der Waals surface area contributed by atoms with Crippen molar-refractivity contribution in [1.82, 2.24) is 14.7 Å². The molecule has 0 fully saturated rings. The average molecular weight is 435 g/mol. The molecule has 2 aromatic carbocycles. The molecule has 1 N–H and O–H groups in total. The highest BCUT2D eigenvalue weighted by Crippen LogP contribution is 2.24. The van der Waals surface area contributed by atoms with Crippen molar-refractivity contribution < 1.29 is 9.32 Å². The normalized spacial score (nSPS) is 10.8. The van der Waals surface area contributed by atoms with Crippen LogP contribution < -0.4 is 10.9 Å². The second kappa shape index (κ2) is 8.57. The molecule has 0 aliphatic rings. The van der Waals surface area contributed by atoms with Gasteiger partial charge in [-0.3, -0.25) is 9.59 Å². The van der Waals surface area contributed by atoms with Crippen LogP contribution in [0.5, 0.6) is 0 Å². The van der Waals surface area contributed by atoms with Gasteiger partial charge in [0, 0.05) is 28.5 Å². The fourth-order valence-corrected chi connectivity index (χ4v) is 3.29. The van der Waals surface area contributed by atoms with Gasteiger partial charge in [-0.15, -0.1) is 0 Å². The predicted molar refractivity (Wildman–Crippen MR) is 119 cm³/mol. The minimum atomic E-state index is -0.351. The van der Waals surface area contributed by atoms with Crippen molar-refractivity contribution in [2.75, 3.05) is 5.32 Å². The monoisotopic (exact) mass is 434 g/mol. The molecule has 0 saturated carbocycles. The van der Waals surface area contributed by atoms with Gasteiger partial charge >= 0.3 is 0 Å². The molecule has 7 nitrogen and oxygen atoms in total. The van der Waals surface area contributed by atoms with E-state index in [-0.39, 0.29) is 23.9 Å². The van der Waals surface area contributed by atoms with E-state index in [2.05, 4.69) is 15.5 Å². The van der Waals surface area contributed by atoms with Crippen LogP contribution in [0.3, 0.4) is 0 Å². The molecule has 0 spiro atoms. The summed E-state index contributed by atoms with van der Waals surface area (Å²) in [7, 11) is 0. The topological polar surface area (TPSA) is 90.0 Å². The number of hydrogen-bond donors (Lipinski definition) is 1. The fraction of sp³-hybridized carbons (Fsp3) is 0.130. The number of halogens is 1. The lowest BCUT2D eigenvalue weighted by Crippen LogP contribution is -2.27. The van der Waals surface area contributed by atoms with E-state index in [4.69, 9.17) is 16.1 Å². The lowest BCUT2D eigenvalue weighted by Gasteiger charge is -2.11. The molecule has 0 atom stereocenters. The maximum atomic E-state index is 12.5. The van der Waals surface area contributed by atoms with Gasteiger partial charge in [-0.1, -0.05) is 46.6 Å². The maximum Gasteiger partial charge on any atom is 0.259 e. The lowest BCUT2D eigenvalue weighted by molar-refractivity contribution is -0.116. The van der Waals surface area contributed by atoms with Crippen LogP contribution in [0.2, 0.25) is 5.02 Å². The van der Waals surface area contributed by atoms with Crippen molar-refractivity contribution >= 4 is 23.2 Å². The summed E-state index contributed by atoms with van der Waals surface area (Å²) in [5, 5.41) is 7.36. The molecular formula is C23H19ClN4O3. The largest absolute Gasteiger partial charge is 0.334 e. The quantitative estimate of drug-likeness (QED) is 0.500. The van der Waals surface area contributed by atoms with E-state index in [1.807, 2.05) is 38.1 Å². The van der Waals surface area contributed by atoms with Gasteiger partial charge in [0.05, 0.1) is 5.56 Å². The highest BCUT2D eigenvalue weighted by molar-refractivity contribution is 6.31. The highest BCUT2D eigenvalue weighted by atomic mass is 35.5. The van der Waals surface area contributed by atoms with Crippen molar-refractivity contribution in [1.29, 1.82) is 0 Å². The van der Waals surface area contributed by atoms with Gasteiger partial charge in [0.1, 0.15) is 6.54 Å². The van der Waals surface area contributed by atoms with Crippen LogP contribution in [0.25, 0.3) is 22.8 Å². The Labute approximate surface area is 183 Å². The summed E-state index contributed by atoms with van der Waals surface area (Å²) < 4.78 is 6.67. The molecule has 0 bridgehead atoms. The molecule has 2 heterocycles. The van der Waals surface area contributed by atoms with Crippen LogP contribution in [-0.4, -0.2) is 20.6 Å². The van der Waals surface area contributed by atoms with E-state index >= 15 is 0 Å². The fourth-order valence-electron chi connectivity index (χ4n) is 3.11. The second-order valence-electron chi connectivity index (χ2n) is 7.14. The molecule has 2 aromatic heterocycles. The van der Waals surface area contributed by atoms with Gasteiger partial charge < -0.3 is 14.4 Å². The van der Waals surface area contributed by atoms with Gasteiger partial charge in [-0.25, -0.2) is 0 Å². The number of aromatic nitrogens is 3. The molecule has 4 aromatic rings. The number of anilines is 1. The van der Waals surface area contributed by atoms with Gasteiger partial charge in [0.2, 0.25) is 11.7 Å². The number of nitrogens with zero attached hydrogens (tertiary/aromatic N) is 3. The summed E-state index contributed by atoms with van der Waals surface area (Å²) in [6.45, 7) is 3.62. The molecule has 1 amide bonds. The van der Waals surface area contributed by atoms with Crippen LogP contribution in [0, 0.1) is 13.8 Å². The zero-order valence-electron chi connectivity index (χ0n) is 16.9. The molecule has 0 aliphatic heterocycles. The lowest BCUT2D eigenvalue weighted by atomic mass is 10.1. The standard InChI is InChI=1S/C23H19ClN4O3/c1-14-5-3-6-16(11-14)22-26-23(31-27-22)17-9-10-21(30)28(12-17)13-20(29)25-19-8-4-7-18(24)15(19)2/h3-12H,13H2,1-2H3,(H,25,29). The first-order valence-corrected chi connectivity index (χ1v) is 9.95. The first-order valence-electron chi connectivity index (χ1n) is 9.57. The van der Waals surface area contributed by atoms with Crippen LogP contribution in [-0.2, 0) is 11.3 Å². The van der Waals surface area contributed by atoms with Gasteiger partial charge in [0.25, 0.3) is 11.4 Å². The Morgan fingerprint density at radius 1 is 1.10 bits per heavy atom. The number of carbonyl (C=O) groups is 1. The van der Waals surface area contributed by atoms with Crippen LogP contribution in [0.15, 0.2) is 70.1 Å². The number of aryl methyl sites for hydroxylation is 1. The third-order valence-corrected chi connectivity index (χ3v) is 5.20. The minimum Gasteiger partial charge on any atom is -0.334 e. The number of rotatable bonds is 5.